The van der Waals surface area contributed by atoms with E-state index in [9.17, 15) is 4.79 Å². The predicted molar refractivity (Wildman–Crippen MR) is 84.3 cm³/mol. The Morgan fingerprint density at radius 1 is 1.38 bits per heavy atom. The molecule has 2 rings (SSSR count). The number of hydrogen-bond acceptors (Lipinski definition) is 5. The fourth-order valence-corrected chi connectivity index (χ4v) is 2.95. The summed E-state index contributed by atoms with van der Waals surface area (Å²) < 4.78 is 0. The summed E-state index contributed by atoms with van der Waals surface area (Å²) in [6.45, 7) is 6.89. The van der Waals surface area contributed by atoms with Crippen LogP contribution in [0.3, 0.4) is 0 Å². The van der Waals surface area contributed by atoms with Crippen LogP contribution in [0.2, 0.25) is 0 Å². The van der Waals surface area contributed by atoms with E-state index in [0.29, 0.717) is 12.3 Å². The normalized spacial score (nSPS) is 16.0. The third-order valence-electron chi connectivity index (χ3n) is 4.02. The maximum atomic E-state index is 11.0. The second-order valence-corrected chi connectivity index (χ2v) is 5.51. The maximum absolute atomic E-state index is 11.0. The molecule has 6 heteroatoms. The molecule has 6 nitrogen and oxygen atoms in total. The number of nitrogens with zero attached hydrogens (tertiary/aromatic N) is 3. The average molecular weight is 291 g/mol. The lowest BCUT2D eigenvalue weighted by molar-refractivity contribution is -0.119. The van der Waals surface area contributed by atoms with Crippen LogP contribution in [-0.2, 0) is 11.2 Å². The summed E-state index contributed by atoms with van der Waals surface area (Å²) >= 11 is 0. The van der Waals surface area contributed by atoms with E-state index in [0.717, 1.165) is 50.5 Å². The molecule has 0 saturated carbocycles. The first-order valence-electron chi connectivity index (χ1n) is 7.76. The van der Waals surface area contributed by atoms with Gasteiger partial charge in [-0.25, -0.2) is 9.97 Å². The van der Waals surface area contributed by atoms with Crippen molar-refractivity contribution in [1.29, 1.82) is 0 Å². The molecular formula is C15H25N5O. The van der Waals surface area contributed by atoms with Crippen molar-refractivity contribution in [2.75, 3.05) is 29.9 Å². The molecule has 1 aliphatic rings. The van der Waals surface area contributed by atoms with Gasteiger partial charge in [-0.1, -0.05) is 6.92 Å². The van der Waals surface area contributed by atoms with Crippen LogP contribution in [0, 0.1) is 5.92 Å². The van der Waals surface area contributed by atoms with Gasteiger partial charge in [0, 0.05) is 31.6 Å². The summed E-state index contributed by atoms with van der Waals surface area (Å²) in [6.07, 6.45) is 5.02. The minimum absolute atomic E-state index is 0.195. The second-order valence-electron chi connectivity index (χ2n) is 5.51. The second kappa shape index (κ2) is 7.24. The van der Waals surface area contributed by atoms with E-state index >= 15 is 0 Å². The lowest BCUT2D eigenvalue weighted by Gasteiger charge is -2.33. The molecule has 0 unspecified atom stereocenters. The van der Waals surface area contributed by atoms with Crippen LogP contribution in [0.25, 0.3) is 0 Å². The molecule has 0 spiro atoms. The van der Waals surface area contributed by atoms with E-state index in [1.807, 2.05) is 0 Å². The molecule has 0 bridgehead atoms. The van der Waals surface area contributed by atoms with Crippen LogP contribution in [-0.4, -0.2) is 35.5 Å². The molecule has 0 aromatic carbocycles. The number of rotatable bonds is 6. The fourth-order valence-electron chi connectivity index (χ4n) is 2.95. The Morgan fingerprint density at radius 2 is 2.10 bits per heavy atom. The van der Waals surface area contributed by atoms with Crippen LogP contribution in [0.4, 0.5) is 11.6 Å². The van der Waals surface area contributed by atoms with Crippen molar-refractivity contribution in [3.8, 4) is 0 Å². The topological polar surface area (TPSA) is 84.1 Å². The number of primary amides is 1. The summed E-state index contributed by atoms with van der Waals surface area (Å²) in [5.74, 6) is 2.18. The predicted octanol–water partition coefficient (Wildman–Crippen LogP) is 1.56. The zero-order valence-electron chi connectivity index (χ0n) is 12.9. The minimum atomic E-state index is -0.195. The van der Waals surface area contributed by atoms with Gasteiger partial charge < -0.3 is 16.0 Å². The number of anilines is 2. The van der Waals surface area contributed by atoms with E-state index in [-0.39, 0.29) is 5.91 Å². The molecule has 1 amide bonds. The van der Waals surface area contributed by atoms with E-state index < -0.39 is 0 Å². The number of nitrogens with one attached hydrogen (secondary N) is 1. The molecule has 2 heterocycles. The van der Waals surface area contributed by atoms with E-state index in [1.54, 1.807) is 6.33 Å². The van der Waals surface area contributed by atoms with E-state index in [4.69, 9.17) is 5.73 Å². The molecule has 1 fully saturated rings. The van der Waals surface area contributed by atoms with Crippen LogP contribution >= 0.6 is 0 Å². The third-order valence-corrected chi connectivity index (χ3v) is 4.02. The van der Waals surface area contributed by atoms with Crippen LogP contribution in [0.5, 0.6) is 0 Å². The lowest BCUT2D eigenvalue weighted by Crippen LogP contribution is -2.36. The highest BCUT2D eigenvalue weighted by atomic mass is 16.1. The van der Waals surface area contributed by atoms with Crippen LogP contribution in [0.15, 0.2) is 6.33 Å². The van der Waals surface area contributed by atoms with Gasteiger partial charge in [0.15, 0.2) is 0 Å². The van der Waals surface area contributed by atoms with Crippen LogP contribution < -0.4 is 16.0 Å². The van der Waals surface area contributed by atoms with Crippen molar-refractivity contribution < 1.29 is 4.79 Å². The maximum Gasteiger partial charge on any atom is 0.217 e. The first kappa shape index (κ1) is 15.5. The van der Waals surface area contributed by atoms with Crippen molar-refractivity contribution in [3.05, 3.63) is 11.9 Å². The van der Waals surface area contributed by atoms with Gasteiger partial charge >= 0.3 is 0 Å². The van der Waals surface area contributed by atoms with Crippen LogP contribution in [0.1, 0.15) is 38.7 Å². The van der Waals surface area contributed by atoms with Crippen molar-refractivity contribution in [3.63, 3.8) is 0 Å². The van der Waals surface area contributed by atoms with Crippen molar-refractivity contribution >= 4 is 17.5 Å². The molecule has 1 saturated heterocycles. The standard InChI is InChI=1S/C15H25N5O/c1-3-12-14(17-4-2)18-10-19-15(12)20-7-5-11(6-8-20)9-13(16)21/h10-11H,3-9H2,1-2H3,(H2,16,21)(H,17,18,19). The van der Waals surface area contributed by atoms with Crippen molar-refractivity contribution in [2.24, 2.45) is 11.7 Å². The molecule has 1 aromatic rings. The number of nitrogens with two attached hydrogens (primary N) is 1. The molecular weight excluding hydrogens is 266 g/mol. The average Bonchev–Trinajstić information content (AvgIpc) is 2.47. The molecule has 1 aliphatic heterocycles. The quantitative estimate of drug-likeness (QED) is 0.831. The monoisotopic (exact) mass is 291 g/mol. The number of piperidine rings is 1. The van der Waals surface area contributed by atoms with Crippen molar-refractivity contribution in [2.45, 2.75) is 39.5 Å². The molecule has 0 atom stereocenters. The van der Waals surface area contributed by atoms with Crippen molar-refractivity contribution in [1.82, 2.24) is 9.97 Å². The Labute approximate surface area is 126 Å². The van der Waals surface area contributed by atoms with Gasteiger partial charge in [-0.2, -0.15) is 0 Å². The Morgan fingerprint density at radius 3 is 2.67 bits per heavy atom. The smallest absolute Gasteiger partial charge is 0.217 e. The molecule has 116 valence electrons. The Hall–Kier alpha value is -1.85. The summed E-state index contributed by atoms with van der Waals surface area (Å²) in [5, 5.41) is 3.30. The highest BCUT2D eigenvalue weighted by Crippen LogP contribution is 2.29. The molecule has 3 N–H and O–H groups in total. The minimum Gasteiger partial charge on any atom is -0.370 e. The van der Waals surface area contributed by atoms with Gasteiger partial charge in [-0.05, 0) is 32.1 Å². The molecule has 1 aromatic heterocycles. The summed E-state index contributed by atoms with van der Waals surface area (Å²) in [6, 6.07) is 0. The SMILES string of the molecule is CCNc1ncnc(N2CCC(CC(N)=O)CC2)c1CC. The molecule has 0 aliphatic carbocycles. The first-order chi connectivity index (χ1) is 10.2. The largest absolute Gasteiger partial charge is 0.370 e. The molecule has 0 radical (unpaired) electrons. The number of carbonyl (C=O) groups excluding carboxylic acids is 1. The van der Waals surface area contributed by atoms with Gasteiger partial charge in [0.2, 0.25) is 5.91 Å². The number of hydrogen-bond donors (Lipinski definition) is 2. The van der Waals surface area contributed by atoms with Gasteiger partial charge in [-0.15, -0.1) is 0 Å². The third kappa shape index (κ3) is 3.83. The Balaban J connectivity index is 2.09. The highest BCUT2D eigenvalue weighted by molar-refractivity contribution is 5.74. The Kier molecular flexibility index (Phi) is 5.36. The zero-order chi connectivity index (χ0) is 15.2. The molecule has 21 heavy (non-hydrogen) atoms. The van der Waals surface area contributed by atoms with Gasteiger partial charge in [0.05, 0.1) is 0 Å². The summed E-state index contributed by atoms with van der Waals surface area (Å²) in [7, 11) is 0. The number of aromatic nitrogens is 2. The van der Waals surface area contributed by atoms with Gasteiger partial charge in [-0.3, -0.25) is 4.79 Å². The van der Waals surface area contributed by atoms with Gasteiger partial charge in [0.25, 0.3) is 0 Å². The summed E-state index contributed by atoms with van der Waals surface area (Å²) in [4.78, 5) is 22.1. The first-order valence-corrected chi connectivity index (χ1v) is 7.76. The summed E-state index contributed by atoms with van der Waals surface area (Å²) in [5.41, 5.74) is 6.46. The fraction of sp³-hybridized carbons (Fsp3) is 0.667. The Bertz CT molecular complexity index is 483. The number of carbonyl (C=O) groups is 1. The van der Waals surface area contributed by atoms with E-state index in [1.165, 1.54) is 5.56 Å². The zero-order valence-corrected chi connectivity index (χ0v) is 12.9. The lowest BCUT2D eigenvalue weighted by atomic mass is 9.93. The number of amides is 1. The highest BCUT2D eigenvalue weighted by Gasteiger charge is 2.23. The van der Waals surface area contributed by atoms with E-state index in [2.05, 4.69) is 34.0 Å². The van der Waals surface area contributed by atoms with Gasteiger partial charge in [0.1, 0.15) is 18.0 Å².